The molecule has 0 heterocycles. The quantitative estimate of drug-likeness (QED) is 0.0289. The van der Waals surface area contributed by atoms with Gasteiger partial charge in [0.05, 0.1) is 13.2 Å². The monoisotopic (exact) mass is 687 g/mol. The van der Waals surface area contributed by atoms with E-state index in [2.05, 4.69) is 38.2 Å². The van der Waals surface area contributed by atoms with Gasteiger partial charge >= 0.3 is 19.8 Å². The zero-order chi connectivity index (χ0) is 34.7. The van der Waals surface area contributed by atoms with E-state index in [1.165, 1.54) is 57.8 Å². The molecule has 3 N–H and O–H groups in total. The van der Waals surface area contributed by atoms with Crippen LogP contribution in [0.5, 0.6) is 0 Å². The van der Waals surface area contributed by atoms with Crippen molar-refractivity contribution in [3.05, 3.63) is 24.3 Å². The van der Waals surface area contributed by atoms with E-state index in [1.54, 1.807) is 0 Å². The van der Waals surface area contributed by atoms with E-state index in [0.717, 1.165) is 77.0 Å². The summed E-state index contributed by atoms with van der Waals surface area (Å²) >= 11 is 0. The molecule has 0 aliphatic rings. The first-order valence-electron chi connectivity index (χ1n) is 18.8. The third kappa shape index (κ3) is 34.2. The Morgan fingerprint density at radius 3 is 1.57 bits per heavy atom. The molecule has 2 atom stereocenters. The van der Waals surface area contributed by atoms with Gasteiger partial charge in [0, 0.05) is 19.4 Å². The van der Waals surface area contributed by atoms with E-state index in [1.807, 2.05) is 0 Å². The Morgan fingerprint density at radius 1 is 0.617 bits per heavy atom. The fourth-order valence-corrected chi connectivity index (χ4v) is 5.73. The maximum atomic E-state index is 12.5. The third-order valence-electron chi connectivity index (χ3n) is 7.81. The minimum absolute atomic E-state index is 0.0515. The number of hydrogen-bond acceptors (Lipinski definition) is 8. The maximum absolute atomic E-state index is 12.5. The lowest BCUT2D eigenvalue weighted by Crippen LogP contribution is -2.29. The highest BCUT2D eigenvalue weighted by Gasteiger charge is 2.25. The number of allylic oxidation sites excluding steroid dienone is 4. The van der Waals surface area contributed by atoms with E-state index in [-0.39, 0.29) is 32.6 Å². The first-order chi connectivity index (χ1) is 22.8. The van der Waals surface area contributed by atoms with Gasteiger partial charge < -0.3 is 20.1 Å². The molecule has 0 rings (SSSR count). The molecule has 0 aliphatic carbocycles. The number of carbonyl (C=O) groups excluding carboxylic acids is 2. The summed E-state index contributed by atoms with van der Waals surface area (Å²) in [7, 11) is -4.37. The molecule has 9 nitrogen and oxygen atoms in total. The largest absolute Gasteiger partial charge is 0.472 e. The van der Waals surface area contributed by atoms with Crippen LogP contribution in [-0.2, 0) is 32.7 Å². The number of esters is 2. The number of hydrogen-bond donors (Lipinski definition) is 2. The molecule has 0 radical (unpaired) electrons. The van der Waals surface area contributed by atoms with Crippen LogP contribution in [-0.4, -0.2) is 49.3 Å². The number of unbranched alkanes of at least 4 members (excludes halogenated alkanes) is 18. The van der Waals surface area contributed by atoms with E-state index in [4.69, 9.17) is 24.3 Å². The molecule has 0 aliphatic heterocycles. The summed E-state index contributed by atoms with van der Waals surface area (Å²) in [6.07, 6.45) is 33.5. The van der Waals surface area contributed by atoms with Gasteiger partial charge in [0.25, 0.3) is 0 Å². The van der Waals surface area contributed by atoms with Crippen LogP contribution in [0.15, 0.2) is 24.3 Å². The van der Waals surface area contributed by atoms with Crippen molar-refractivity contribution in [2.45, 2.75) is 174 Å². The summed E-state index contributed by atoms with van der Waals surface area (Å²) in [4.78, 5) is 34.6. The fraction of sp³-hybridized carbons (Fsp3) is 0.838. The number of phosphoric acid groups is 1. The topological polar surface area (TPSA) is 134 Å². The number of nitrogens with two attached hydrogens (primary N) is 1. The summed E-state index contributed by atoms with van der Waals surface area (Å²) in [5, 5.41) is 0. The Balaban J connectivity index is 4.23. The summed E-state index contributed by atoms with van der Waals surface area (Å²) in [6.45, 7) is 3.65. The molecule has 47 heavy (non-hydrogen) atoms. The Labute approximate surface area is 287 Å². The first kappa shape index (κ1) is 45.5. The predicted molar refractivity (Wildman–Crippen MR) is 192 cm³/mol. The number of phosphoric ester groups is 1. The van der Waals surface area contributed by atoms with Gasteiger partial charge in [-0.1, -0.05) is 122 Å². The molecule has 1 unspecified atom stereocenters. The molecule has 0 saturated carbocycles. The lowest BCUT2D eigenvalue weighted by molar-refractivity contribution is -0.161. The second-order valence-electron chi connectivity index (χ2n) is 12.4. The molecule has 0 saturated heterocycles. The fourth-order valence-electron chi connectivity index (χ4n) is 4.96. The predicted octanol–water partition coefficient (Wildman–Crippen LogP) is 10.0. The molecule has 0 aromatic rings. The zero-order valence-corrected chi connectivity index (χ0v) is 30.9. The highest BCUT2D eigenvalue weighted by atomic mass is 31.2. The summed E-state index contributed by atoms with van der Waals surface area (Å²) in [6, 6.07) is 0. The zero-order valence-electron chi connectivity index (χ0n) is 30.0. The van der Waals surface area contributed by atoms with Gasteiger partial charge in [0.2, 0.25) is 0 Å². The van der Waals surface area contributed by atoms with E-state index < -0.39 is 32.5 Å². The van der Waals surface area contributed by atoms with Crippen LogP contribution in [0.1, 0.15) is 168 Å². The van der Waals surface area contributed by atoms with Gasteiger partial charge in [-0.05, 0) is 57.8 Å². The van der Waals surface area contributed by atoms with Crippen molar-refractivity contribution in [1.82, 2.24) is 0 Å². The molecule has 0 aromatic carbocycles. The van der Waals surface area contributed by atoms with Gasteiger partial charge in [-0.25, -0.2) is 4.57 Å². The van der Waals surface area contributed by atoms with Crippen molar-refractivity contribution < 1.29 is 37.6 Å². The van der Waals surface area contributed by atoms with E-state index in [9.17, 15) is 19.0 Å². The van der Waals surface area contributed by atoms with E-state index in [0.29, 0.717) is 6.42 Å². The highest BCUT2D eigenvalue weighted by Crippen LogP contribution is 2.43. The SMILES string of the molecule is CCCC/C=C/CCCCCCCC(=O)O[C@H](COC(=O)CCCCCCC/C=C/CCCCCCCC)COP(=O)(O)OCCN. The van der Waals surface area contributed by atoms with Crippen LogP contribution < -0.4 is 5.73 Å². The number of rotatable bonds is 35. The lowest BCUT2D eigenvalue weighted by Gasteiger charge is -2.19. The van der Waals surface area contributed by atoms with Crippen molar-refractivity contribution in [2.24, 2.45) is 5.73 Å². The van der Waals surface area contributed by atoms with Crippen molar-refractivity contribution >= 4 is 19.8 Å². The number of carbonyl (C=O) groups is 2. The Morgan fingerprint density at radius 2 is 1.06 bits per heavy atom. The molecule has 0 fully saturated rings. The maximum Gasteiger partial charge on any atom is 0.472 e. The van der Waals surface area contributed by atoms with Crippen LogP contribution in [0, 0.1) is 0 Å². The molecule has 0 amide bonds. The van der Waals surface area contributed by atoms with Gasteiger partial charge in [-0.15, -0.1) is 0 Å². The average molecular weight is 688 g/mol. The smallest absolute Gasteiger partial charge is 0.462 e. The molecule has 10 heteroatoms. The lowest BCUT2D eigenvalue weighted by atomic mass is 10.1. The van der Waals surface area contributed by atoms with Crippen molar-refractivity contribution in [3.63, 3.8) is 0 Å². The van der Waals surface area contributed by atoms with Crippen LogP contribution >= 0.6 is 7.82 Å². The molecule has 0 aromatic heterocycles. The van der Waals surface area contributed by atoms with Gasteiger partial charge in [-0.2, -0.15) is 0 Å². The third-order valence-corrected chi connectivity index (χ3v) is 8.79. The van der Waals surface area contributed by atoms with Crippen molar-refractivity contribution in [2.75, 3.05) is 26.4 Å². The normalized spacial score (nSPS) is 13.7. The van der Waals surface area contributed by atoms with Crippen LogP contribution in [0.3, 0.4) is 0 Å². The number of ether oxygens (including phenoxy) is 2. The minimum Gasteiger partial charge on any atom is -0.462 e. The second-order valence-corrected chi connectivity index (χ2v) is 13.9. The molecule has 0 spiro atoms. The highest BCUT2D eigenvalue weighted by molar-refractivity contribution is 7.47. The second kappa shape index (κ2) is 34.4. The van der Waals surface area contributed by atoms with Crippen molar-refractivity contribution in [1.29, 1.82) is 0 Å². The van der Waals surface area contributed by atoms with Gasteiger partial charge in [-0.3, -0.25) is 18.6 Å². The molecule has 276 valence electrons. The molecular weight excluding hydrogens is 617 g/mol. The van der Waals surface area contributed by atoms with Crippen LogP contribution in [0.4, 0.5) is 0 Å². The molecular formula is C37H70NO8P. The van der Waals surface area contributed by atoms with Gasteiger partial charge in [0.15, 0.2) is 6.10 Å². The molecule has 0 bridgehead atoms. The average Bonchev–Trinajstić information content (AvgIpc) is 3.05. The van der Waals surface area contributed by atoms with E-state index >= 15 is 0 Å². The Kier molecular flexibility index (Phi) is 33.3. The van der Waals surface area contributed by atoms with Crippen LogP contribution in [0.25, 0.3) is 0 Å². The summed E-state index contributed by atoms with van der Waals surface area (Å²) < 4.78 is 32.6. The van der Waals surface area contributed by atoms with Crippen molar-refractivity contribution in [3.8, 4) is 0 Å². The Hall–Kier alpha value is -1.51. The summed E-state index contributed by atoms with van der Waals surface area (Å²) in [5.74, 6) is -0.850. The van der Waals surface area contributed by atoms with Gasteiger partial charge in [0.1, 0.15) is 6.61 Å². The summed E-state index contributed by atoms with van der Waals surface area (Å²) in [5.41, 5.74) is 5.32. The van der Waals surface area contributed by atoms with Crippen LogP contribution in [0.2, 0.25) is 0 Å². The standard InChI is InChI=1S/C37H70NO8P/c1-3-5-7-9-11-13-15-16-17-18-20-21-23-25-27-29-36(39)43-33-35(34-45-47(41,42)44-32-31-38)46-37(40)30-28-26-24-22-19-14-12-10-8-6-4-2/h10,12,16-17,35H,3-9,11,13-15,18-34,38H2,1-2H3,(H,41,42)/b12-10+,17-16+/t35-/m1/s1. The minimum atomic E-state index is -4.37. The Bertz CT molecular complexity index is 835. The first-order valence-corrected chi connectivity index (χ1v) is 20.3.